The Balaban J connectivity index is 1.87. The molecule has 2 aliphatic rings. The zero-order valence-electron chi connectivity index (χ0n) is 12.1. The average Bonchev–Trinajstić information content (AvgIpc) is 2.56. The molecule has 1 saturated carbocycles. The summed E-state index contributed by atoms with van der Waals surface area (Å²) in [5.74, 6) is 0.678. The van der Waals surface area contributed by atoms with E-state index in [4.69, 9.17) is 10.5 Å². The van der Waals surface area contributed by atoms with Crippen molar-refractivity contribution < 1.29 is 9.84 Å². The van der Waals surface area contributed by atoms with Gasteiger partial charge in [-0.05, 0) is 24.7 Å². The van der Waals surface area contributed by atoms with Crippen LogP contribution in [-0.2, 0) is 4.74 Å². The molecule has 4 N–H and O–H groups in total. The van der Waals surface area contributed by atoms with Crippen LogP contribution in [0, 0.1) is 11.3 Å². The van der Waals surface area contributed by atoms with E-state index in [-0.39, 0.29) is 17.7 Å². The van der Waals surface area contributed by atoms with E-state index in [0.717, 1.165) is 0 Å². The summed E-state index contributed by atoms with van der Waals surface area (Å²) in [6.07, 6.45) is 1.67. The number of aliphatic hydroxyl groups excluding tert-OH is 1. The van der Waals surface area contributed by atoms with Gasteiger partial charge in [0.15, 0.2) is 0 Å². The number of ether oxygens (including phenoxy) is 1. The Bertz CT molecular complexity index is 308. The van der Waals surface area contributed by atoms with Crippen molar-refractivity contribution in [2.24, 2.45) is 17.1 Å². The molecule has 4 nitrogen and oxygen atoms in total. The minimum Gasteiger partial charge on any atom is -0.389 e. The Kier molecular flexibility index (Phi) is 3.76. The Hall–Kier alpha value is -0.160. The smallest absolute Gasteiger partial charge is 0.0987 e. The standard InChI is InChI=1S/C14H28N2O2/c1-5-11-13(2,3)8-14(11,4)16-6-10-12(17)9(15)7-18-10/h9-12,16-17H,5-8,15H2,1-4H3/t9?,10-,11?,12-,14?/m0/s1. The fourth-order valence-corrected chi connectivity index (χ4v) is 4.33. The fraction of sp³-hybridized carbons (Fsp3) is 1.00. The first-order valence-electron chi connectivity index (χ1n) is 7.10. The first-order chi connectivity index (χ1) is 8.30. The maximum absolute atomic E-state index is 9.88. The Labute approximate surface area is 110 Å². The van der Waals surface area contributed by atoms with Gasteiger partial charge in [-0.15, -0.1) is 0 Å². The van der Waals surface area contributed by atoms with Gasteiger partial charge in [0.1, 0.15) is 0 Å². The van der Waals surface area contributed by atoms with Crippen molar-refractivity contribution >= 4 is 0 Å². The molecule has 2 fully saturated rings. The van der Waals surface area contributed by atoms with E-state index in [2.05, 4.69) is 33.0 Å². The summed E-state index contributed by atoms with van der Waals surface area (Å²) in [7, 11) is 0. The van der Waals surface area contributed by atoms with Crippen LogP contribution in [0.4, 0.5) is 0 Å². The van der Waals surface area contributed by atoms with E-state index in [1.54, 1.807) is 0 Å². The molecule has 18 heavy (non-hydrogen) atoms. The SMILES string of the molecule is CCC1C(C)(C)CC1(C)NC[C@@H]1OCC(N)[C@@H]1O. The number of nitrogens with one attached hydrogen (secondary N) is 1. The van der Waals surface area contributed by atoms with Gasteiger partial charge in [0.05, 0.1) is 24.9 Å². The lowest BCUT2D eigenvalue weighted by molar-refractivity contribution is -0.0629. The van der Waals surface area contributed by atoms with Crippen molar-refractivity contribution in [3.05, 3.63) is 0 Å². The normalized spacial score (nSPS) is 47.0. The maximum atomic E-state index is 9.88. The molecule has 1 saturated heterocycles. The molecule has 0 aromatic rings. The predicted molar refractivity (Wildman–Crippen MR) is 72.3 cm³/mol. The number of aliphatic hydroxyl groups is 1. The van der Waals surface area contributed by atoms with Crippen molar-refractivity contribution in [3.8, 4) is 0 Å². The van der Waals surface area contributed by atoms with Crippen molar-refractivity contribution in [2.45, 2.75) is 64.3 Å². The first kappa shape index (κ1) is 14.3. The number of hydrogen-bond donors (Lipinski definition) is 3. The molecule has 1 aliphatic carbocycles. The zero-order chi connectivity index (χ0) is 13.6. The van der Waals surface area contributed by atoms with Gasteiger partial charge in [0.2, 0.25) is 0 Å². The van der Waals surface area contributed by atoms with Crippen LogP contribution in [0.3, 0.4) is 0 Å². The van der Waals surface area contributed by atoms with Gasteiger partial charge in [-0.3, -0.25) is 0 Å². The number of nitrogens with two attached hydrogens (primary N) is 1. The molecule has 0 radical (unpaired) electrons. The van der Waals surface area contributed by atoms with Crippen LogP contribution in [0.15, 0.2) is 0 Å². The Morgan fingerprint density at radius 3 is 2.50 bits per heavy atom. The summed E-state index contributed by atoms with van der Waals surface area (Å²) in [6.45, 7) is 10.4. The zero-order valence-corrected chi connectivity index (χ0v) is 12.1. The van der Waals surface area contributed by atoms with Crippen LogP contribution in [0.5, 0.6) is 0 Å². The molecule has 0 bridgehead atoms. The molecule has 4 heteroatoms. The average molecular weight is 256 g/mol. The monoisotopic (exact) mass is 256 g/mol. The maximum Gasteiger partial charge on any atom is 0.0987 e. The van der Waals surface area contributed by atoms with Crippen LogP contribution in [0.25, 0.3) is 0 Å². The second-order valence-corrected chi connectivity index (χ2v) is 6.95. The largest absolute Gasteiger partial charge is 0.389 e. The molecular formula is C14H28N2O2. The fourth-order valence-electron chi connectivity index (χ4n) is 4.33. The van der Waals surface area contributed by atoms with Crippen molar-refractivity contribution in [1.29, 1.82) is 0 Å². The van der Waals surface area contributed by atoms with E-state index in [9.17, 15) is 5.11 Å². The third kappa shape index (κ3) is 2.31. The molecule has 1 heterocycles. The molecular weight excluding hydrogens is 228 g/mol. The highest BCUT2D eigenvalue weighted by atomic mass is 16.5. The van der Waals surface area contributed by atoms with Crippen molar-refractivity contribution in [2.75, 3.05) is 13.2 Å². The van der Waals surface area contributed by atoms with E-state index in [1.165, 1.54) is 12.8 Å². The Morgan fingerprint density at radius 2 is 2.06 bits per heavy atom. The minimum atomic E-state index is -0.533. The van der Waals surface area contributed by atoms with Gasteiger partial charge in [0, 0.05) is 12.1 Å². The van der Waals surface area contributed by atoms with Crippen LogP contribution in [0.2, 0.25) is 0 Å². The molecule has 3 unspecified atom stereocenters. The third-order valence-corrected chi connectivity index (χ3v) is 4.97. The highest BCUT2D eigenvalue weighted by Crippen LogP contribution is 2.54. The second-order valence-electron chi connectivity index (χ2n) is 6.95. The molecule has 0 spiro atoms. The predicted octanol–water partition coefficient (Wildman–Crippen LogP) is 0.878. The van der Waals surface area contributed by atoms with Gasteiger partial charge >= 0.3 is 0 Å². The van der Waals surface area contributed by atoms with Crippen molar-refractivity contribution in [3.63, 3.8) is 0 Å². The molecule has 2 rings (SSSR count). The number of hydrogen-bond acceptors (Lipinski definition) is 4. The molecule has 0 aromatic heterocycles. The third-order valence-electron chi connectivity index (χ3n) is 4.97. The summed E-state index contributed by atoms with van der Waals surface area (Å²) >= 11 is 0. The summed E-state index contributed by atoms with van der Waals surface area (Å²) in [5, 5.41) is 13.5. The van der Waals surface area contributed by atoms with E-state index in [1.807, 2.05) is 0 Å². The summed E-state index contributed by atoms with van der Waals surface area (Å²) in [4.78, 5) is 0. The van der Waals surface area contributed by atoms with Gasteiger partial charge < -0.3 is 20.9 Å². The summed E-state index contributed by atoms with van der Waals surface area (Å²) in [6, 6.07) is -0.232. The highest BCUT2D eigenvalue weighted by molar-refractivity contribution is 5.09. The van der Waals surface area contributed by atoms with E-state index >= 15 is 0 Å². The van der Waals surface area contributed by atoms with Crippen LogP contribution in [-0.4, -0.2) is 42.0 Å². The van der Waals surface area contributed by atoms with Crippen LogP contribution < -0.4 is 11.1 Å². The second kappa shape index (κ2) is 4.75. The van der Waals surface area contributed by atoms with Crippen LogP contribution >= 0.6 is 0 Å². The first-order valence-corrected chi connectivity index (χ1v) is 7.10. The van der Waals surface area contributed by atoms with E-state index in [0.29, 0.717) is 24.5 Å². The molecule has 1 aliphatic heterocycles. The lowest BCUT2D eigenvalue weighted by Crippen LogP contribution is -2.66. The van der Waals surface area contributed by atoms with Gasteiger partial charge in [-0.1, -0.05) is 27.2 Å². The van der Waals surface area contributed by atoms with Crippen molar-refractivity contribution in [1.82, 2.24) is 5.32 Å². The highest BCUT2D eigenvalue weighted by Gasteiger charge is 2.54. The van der Waals surface area contributed by atoms with Crippen LogP contribution in [0.1, 0.15) is 40.5 Å². The lowest BCUT2D eigenvalue weighted by atomic mass is 9.51. The molecule has 0 aromatic carbocycles. The van der Waals surface area contributed by atoms with Gasteiger partial charge in [-0.2, -0.15) is 0 Å². The summed E-state index contributed by atoms with van der Waals surface area (Å²) in [5.41, 5.74) is 6.34. The lowest BCUT2D eigenvalue weighted by Gasteiger charge is -2.60. The Morgan fingerprint density at radius 1 is 1.39 bits per heavy atom. The number of rotatable bonds is 4. The van der Waals surface area contributed by atoms with Gasteiger partial charge in [0.25, 0.3) is 0 Å². The minimum absolute atomic E-state index is 0.155. The molecule has 0 amide bonds. The van der Waals surface area contributed by atoms with Gasteiger partial charge in [-0.25, -0.2) is 0 Å². The molecule has 106 valence electrons. The van der Waals surface area contributed by atoms with E-state index < -0.39 is 6.10 Å². The topological polar surface area (TPSA) is 67.5 Å². The quantitative estimate of drug-likeness (QED) is 0.698. The summed E-state index contributed by atoms with van der Waals surface area (Å²) < 4.78 is 5.52. The molecule has 5 atom stereocenters.